The van der Waals surface area contributed by atoms with Crippen LogP contribution < -0.4 is 0 Å². The van der Waals surface area contributed by atoms with Crippen LogP contribution in [0.4, 0.5) is 0 Å². The Morgan fingerprint density at radius 3 is 3.15 bits per heavy atom. The third kappa shape index (κ3) is 0.875. The zero-order valence-corrected chi connectivity index (χ0v) is 8.37. The van der Waals surface area contributed by atoms with Gasteiger partial charge in [-0.1, -0.05) is 12.2 Å². The van der Waals surface area contributed by atoms with E-state index >= 15 is 0 Å². The number of alkyl halides is 1. The molecule has 0 radical (unpaired) electrons. The molecule has 0 unspecified atom stereocenters. The van der Waals surface area contributed by atoms with Crippen LogP contribution in [0.2, 0.25) is 0 Å². The first kappa shape index (κ1) is 8.31. The van der Waals surface area contributed by atoms with E-state index in [2.05, 4.69) is 12.2 Å². The molecule has 0 aromatic carbocycles. The average molecular weight is 199 g/mol. The van der Waals surface area contributed by atoms with Crippen molar-refractivity contribution in [2.75, 3.05) is 0 Å². The summed E-state index contributed by atoms with van der Waals surface area (Å²) < 4.78 is 0. The molecule has 3 aliphatic rings. The summed E-state index contributed by atoms with van der Waals surface area (Å²) in [6.45, 7) is 0. The van der Waals surface area contributed by atoms with E-state index < -0.39 is 0 Å². The molecule has 3 rings (SSSR count). The van der Waals surface area contributed by atoms with Crippen LogP contribution in [0.25, 0.3) is 0 Å². The first-order chi connectivity index (χ1) is 6.24. The normalized spacial score (nSPS) is 58.3. The van der Waals surface area contributed by atoms with Crippen LogP contribution in [0, 0.1) is 17.3 Å². The minimum absolute atomic E-state index is 0.143. The number of rotatable bonds is 0. The maximum Gasteiger partial charge on any atom is 0.0591 e. The van der Waals surface area contributed by atoms with Gasteiger partial charge in [0.1, 0.15) is 0 Å². The summed E-state index contributed by atoms with van der Waals surface area (Å²) in [6.07, 6.45) is 8.90. The zero-order valence-electron chi connectivity index (χ0n) is 7.62. The van der Waals surface area contributed by atoms with Gasteiger partial charge in [0.2, 0.25) is 0 Å². The van der Waals surface area contributed by atoms with Gasteiger partial charge in [0.15, 0.2) is 0 Å². The molecule has 1 N–H and O–H groups in total. The first-order valence-corrected chi connectivity index (χ1v) is 5.67. The van der Waals surface area contributed by atoms with E-state index in [9.17, 15) is 5.11 Å². The highest BCUT2D eigenvalue weighted by Crippen LogP contribution is 2.63. The number of aliphatic hydroxyl groups is 1. The zero-order chi connectivity index (χ0) is 9.05. The second kappa shape index (κ2) is 2.52. The number of hydrogen-bond acceptors (Lipinski definition) is 1. The Bertz CT molecular complexity index is 263. The van der Waals surface area contributed by atoms with Crippen LogP contribution in [0.5, 0.6) is 0 Å². The maximum absolute atomic E-state index is 9.89. The monoisotopic (exact) mass is 198 g/mol. The molecule has 1 nitrogen and oxygen atoms in total. The van der Waals surface area contributed by atoms with Gasteiger partial charge in [0, 0.05) is 11.3 Å². The van der Waals surface area contributed by atoms with Gasteiger partial charge in [-0.15, -0.1) is 11.6 Å². The van der Waals surface area contributed by atoms with Crippen LogP contribution in [-0.2, 0) is 0 Å². The van der Waals surface area contributed by atoms with E-state index in [0.29, 0.717) is 11.3 Å². The Morgan fingerprint density at radius 2 is 2.31 bits per heavy atom. The fourth-order valence-electron chi connectivity index (χ4n) is 3.89. The number of halogens is 1. The minimum atomic E-state index is -0.143. The largest absolute Gasteiger partial charge is 0.393 e. The molecular weight excluding hydrogens is 184 g/mol. The van der Waals surface area contributed by atoms with Gasteiger partial charge in [0.25, 0.3) is 0 Å². The van der Waals surface area contributed by atoms with Crippen molar-refractivity contribution in [2.45, 2.75) is 37.2 Å². The molecule has 72 valence electrons. The molecule has 1 spiro atoms. The number of allylic oxidation sites excluding steroid dienone is 2. The van der Waals surface area contributed by atoms with E-state index in [1.54, 1.807) is 0 Å². The lowest BCUT2D eigenvalue weighted by molar-refractivity contribution is 0.108. The third-order valence-electron chi connectivity index (χ3n) is 4.42. The molecule has 0 saturated heterocycles. The molecule has 3 aliphatic carbocycles. The van der Waals surface area contributed by atoms with Crippen LogP contribution in [-0.4, -0.2) is 16.6 Å². The van der Waals surface area contributed by atoms with Crippen molar-refractivity contribution < 1.29 is 5.11 Å². The lowest BCUT2D eigenvalue weighted by Crippen LogP contribution is -2.29. The van der Waals surface area contributed by atoms with Gasteiger partial charge < -0.3 is 5.11 Å². The smallest absolute Gasteiger partial charge is 0.0591 e. The molecule has 0 aromatic rings. The molecule has 0 bridgehead atoms. The highest BCUT2D eigenvalue weighted by molar-refractivity contribution is 6.21. The highest BCUT2D eigenvalue weighted by atomic mass is 35.5. The van der Waals surface area contributed by atoms with Crippen LogP contribution in [0.3, 0.4) is 0 Å². The van der Waals surface area contributed by atoms with Crippen LogP contribution >= 0.6 is 11.6 Å². The Morgan fingerprint density at radius 1 is 1.46 bits per heavy atom. The summed E-state index contributed by atoms with van der Waals surface area (Å²) in [6, 6.07) is 0. The highest BCUT2D eigenvalue weighted by Gasteiger charge is 2.59. The quantitative estimate of drug-likeness (QED) is 0.468. The Hall–Kier alpha value is -0.0100. The van der Waals surface area contributed by atoms with E-state index in [1.165, 1.54) is 6.42 Å². The summed E-state index contributed by atoms with van der Waals surface area (Å²) >= 11 is 6.31. The van der Waals surface area contributed by atoms with E-state index in [4.69, 9.17) is 11.6 Å². The van der Waals surface area contributed by atoms with Crippen molar-refractivity contribution in [2.24, 2.45) is 17.3 Å². The molecule has 13 heavy (non-hydrogen) atoms. The molecular formula is C11H15ClO. The van der Waals surface area contributed by atoms with Gasteiger partial charge in [0.05, 0.1) is 6.10 Å². The number of aliphatic hydroxyl groups excluding tert-OH is 1. The molecule has 0 aliphatic heterocycles. The van der Waals surface area contributed by atoms with Gasteiger partial charge in [-0.3, -0.25) is 0 Å². The van der Waals surface area contributed by atoms with Crippen molar-refractivity contribution in [1.29, 1.82) is 0 Å². The van der Waals surface area contributed by atoms with Gasteiger partial charge in [-0.2, -0.15) is 0 Å². The van der Waals surface area contributed by atoms with Crippen molar-refractivity contribution in [1.82, 2.24) is 0 Å². The first-order valence-electron chi connectivity index (χ1n) is 5.24. The van der Waals surface area contributed by atoms with Gasteiger partial charge >= 0.3 is 0 Å². The predicted octanol–water partition coefficient (Wildman–Crippen LogP) is 2.33. The second-order valence-electron chi connectivity index (χ2n) is 4.83. The molecule has 2 fully saturated rings. The molecule has 0 amide bonds. The number of hydrogen-bond donors (Lipinski definition) is 1. The Kier molecular flexibility index (Phi) is 1.61. The second-order valence-corrected chi connectivity index (χ2v) is 5.39. The van der Waals surface area contributed by atoms with Gasteiger partial charge in [-0.25, -0.2) is 0 Å². The third-order valence-corrected chi connectivity index (χ3v) is 4.87. The van der Waals surface area contributed by atoms with Crippen LogP contribution in [0.15, 0.2) is 12.2 Å². The van der Waals surface area contributed by atoms with Gasteiger partial charge in [-0.05, 0) is 37.0 Å². The molecule has 0 aromatic heterocycles. The fourth-order valence-corrected chi connectivity index (χ4v) is 4.51. The van der Waals surface area contributed by atoms with Crippen molar-refractivity contribution in [3.8, 4) is 0 Å². The molecule has 5 atom stereocenters. The molecule has 2 saturated carbocycles. The van der Waals surface area contributed by atoms with E-state index in [1.807, 2.05) is 0 Å². The van der Waals surface area contributed by atoms with E-state index in [-0.39, 0.29) is 11.5 Å². The Labute approximate surface area is 83.8 Å². The summed E-state index contributed by atoms with van der Waals surface area (Å²) in [5.41, 5.74) is 0.297. The summed E-state index contributed by atoms with van der Waals surface area (Å²) in [5.74, 6) is 1.08. The maximum atomic E-state index is 9.89. The lowest BCUT2D eigenvalue weighted by Gasteiger charge is -2.29. The SMILES string of the molecule is O[C@@H]1CC[C@]23C=CC[C@@H]2C[C@@H](Cl)[C@@H]13. The minimum Gasteiger partial charge on any atom is -0.393 e. The predicted molar refractivity (Wildman–Crippen MR) is 52.7 cm³/mol. The topological polar surface area (TPSA) is 20.2 Å². The summed E-state index contributed by atoms with van der Waals surface area (Å²) in [4.78, 5) is 0. The summed E-state index contributed by atoms with van der Waals surface area (Å²) in [7, 11) is 0. The van der Waals surface area contributed by atoms with Crippen molar-refractivity contribution in [3.05, 3.63) is 12.2 Å². The summed E-state index contributed by atoms with van der Waals surface area (Å²) in [5, 5.41) is 10.1. The van der Waals surface area contributed by atoms with Crippen LogP contribution in [0.1, 0.15) is 25.7 Å². The van der Waals surface area contributed by atoms with Crippen molar-refractivity contribution in [3.63, 3.8) is 0 Å². The standard InChI is InChI=1S/C11H15ClO/c12-8-6-7-2-1-4-11(7)5-3-9(13)10(8)11/h1,4,7-10,13H,2-3,5-6H2/t7-,8-,9-,10+,11-/m1/s1. The average Bonchev–Trinajstić information content (AvgIpc) is 2.65. The molecule has 0 heterocycles. The van der Waals surface area contributed by atoms with Crippen molar-refractivity contribution >= 4 is 11.6 Å². The van der Waals surface area contributed by atoms with E-state index in [0.717, 1.165) is 25.2 Å². The fraction of sp³-hybridized carbons (Fsp3) is 0.818. The Balaban J connectivity index is 2.03. The molecule has 2 heteroatoms. The lowest BCUT2D eigenvalue weighted by atomic mass is 9.76.